The van der Waals surface area contributed by atoms with E-state index in [0.717, 1.165) is 30.6 Å². The van der Waals surface area contributed by atoms with Crippen LogP contribution in [0.1, 0.15) is 18.4 Å². The number of para-hydroxylation sites is 1. The highest BCUT2D eigenvalue weighted by atomic mass is 16.5. The Morgan fingerprint density at radius 3 is 2.75 bits per heavy atom. The number of ether oxygens (including phenoxy) is 1. The molecular formula is C13H16O3. The molecule has 1 aliphatic rings. The lowest BCUT2D eigenvalue weighted by Gasteiger charge is -2.33. The van der Waals surface area contributed by atoms with Crippen molar-refractivity contribution in [3.63, 3.8) is 0 Å². The largest absolute Gasteiger partial charge is 0.496 e. The van der Waals surface area contributed by atoms with Crippen LogP contribution in [0.4, 0.5) is 0 Å². The maximum Gasteiger partial charge on any atom is 0.306 e. The van der Waals surface area contributed by atoms with Gasteiger partial charge in [-0.05, 0) is 36.8 Å². The molecule has 1 N–H and O–H groups in total. The van der Waals surface area contributed by atoms with Crippen molar-refractivity contribution in [2.75, 3.05) is 7.11 Å². The molecule has 1 saturated carbocycles. The summed E-state index contributed by atoms with van der Waals surface area (Å²) in [5.74, 6) is 0.309. The fourth-order valence-corrected chi connectivity index (χ4v) is 2.29. The van der Waals surface area contributed by atoms with E-state index in [2.05, 4.69) is 0 Å². The van der Waals surface area contributed by atoms with Crippen LogP contribution in [0, 0.1) is 11.8 Å². The second-order valence-corrected chi connectivity index (χ2v) is 4.30. The molecule has 0 spiro atoms. The minimum atomic E-state index is -0.661. The molecule has 1 fully saturated rings. The Kier molecular flexibility index (Phi) is 3.13. The lowest BCUT2D eigenvalue weighted by Crippen LogP contribution is -2.34. The number of carboxylic acids is 1. The average molecular weight is 220 g/mol. The van der Waals surface area contributed by atoms with Gasteiger partial charge >= 0.3 is 5.97 Å². The Morgan fingerprint density at radius 2 is 2.19 bits per heavy atom. The van der Waals surface area contributed by atoms with Crippen molar-refractivity contribution in [1.29, 1.82) is 0 Å². The maximum absolute atomic E-state index is 10.9. The molecule has 16 heavy (non-hydrogen) atoms. The number of rotatable bonds is 4. The Morgan fingerprint density at radius 1 is 1.44 bits per heavy atom. The molecule has 3 nitrogen and oxygen atoms in total. The van der Waals surface area contributed by atoms with Gasteiger partial charge in [-0.3, -0.25) is 4.79 Å². The molecule has 1 aromatic rings. The summed E-state index contributed by atoms with van der Waals surface area (Å²) in [6.45, 7) is 0. The van der Waals surface area contributed by atoms with Crippen LogP contribution in [0.15, 0.2) is 24.3 Å². The van der Waals surface area contributed by atoms with Gasteiger partial charge in [-0.25, -0.2) is 0 Å². The van der Waals surface area contributed by atoms with Gasteiger partial charge in [0.2, 0.25) is 0 Å². The summed E-state index contributed by atoms with van der Waals surface area (Å²) in [5.41, 5.74) is 1.11. The first kappa shape index (κ1) is 11.0. The van der Waals surface area contributed by atoms with Crippen LogP contribution >= 0.6 is 0 Å². The summed E-state index contributed by atoms with van der Waals surface area (Å²) in [5, 5.41) is 8.98. The molecule has 1 aliphatic carbocycles. The summed E-state index contributed by atoms with van der Waals surface area (Å²) in [6, 6.07) is 7.82. The summed E-state index contributed by atoms with van der Waals surface area (Å²) in [7, 11) is 1.65. The number of aliphatic carboxylic acids is 1. The number of carbonyl (C=O) groups is 1. The second kappa shape index (κ2) is 4.56. The third-order valence-electron chi connectivity index (χ3n) is 3.41. The topological polar surface area (TPSA) is 46.5 Å². The standard InChI is InChI=1S/C13H16O3/c1-16-12-5-3-2-4-10(12)8-9-6-7-11(9)13(14)15/h2-5,9,11H,6-8H2,1H3,(H,14,15). The minimum absolute atomic E-state index is 0.162. The van der Waals surface area contributed by atoms with E-state index in [0.29, 0.717) is 0 Å². The third-order valence-corrected chi connectivity index (χ3v) is 3.41. The van der Waals surface area contributed by atoms with Crippen LogP contribution in [0.2, 0.25) is 0 Å². The predicted octanol–water partition coefficient (Wildman–Crippen LogP) is 2.35. The lowest BCUT2D eigenvalue weighted by atomic mass is 9.71. The van der Waals surface area contributed by atoms with Gasteiger partial charge in [0, 0.05) is 0 Å². The zero-order valence-electron chi connectivity index (χ0n) is 9.35. The molecular weight excluding hydrogens is 204 g/mol. The van der Waals surface area contributed by atoms with Gasteiger partial charge in [0.25, 0.3) is 0 Å². The highest BCUT2D eigenvalue weighted by Gasteiger charge is 2.36. The summed E-state index contributed by atoms with van der Waals surface area (Å²) in [4.78, 5) is 10.9. The van der Waals surface area contributed by atoms with Gasteiger partial charge in [-0.2, -0.15) is 0 Å². The van der Waals surface area contributed by atoms with Crippen LogP contribution in [0.3, 0.4) is 0 Å². The first-order valence-corrected chi connectivity index (χ1v) is 5.57. The van der Waals surface area contributed by atoms with E-state index in [-0.39, 0.29) is 11.8 Å². The van der Waals surface area contributed by atoms with Crippen molar-refractivity contribution in [3.05, 3.63) is 29.8 Å². The third kappa shape index (κ3) is 2.03. The highest BCUT2D eigenvalue weighted by molar-refractivity contribution is 5.71. The number of methoxy groups -OCH3 is 1. The first-order valence-electron chi connectivity index (χ1n) is 5.57. The normalized spacial score (nSPS) is 23.6. The fraction of sp³-hybridized carbons (Fsp3) is 0.462. The monoisotopic (exact) mass is 220 g/mol. The van der Waals surface area contributed by atoms with Crippen LogP contribution < -0.4 is 4.74 Å². The van der Waals surface area contributed by atoms with Crippen molar-refractivity contribution in [2.45, 2.75) is 19.3 Å². The van der Waals surface area contributed by atoms with E-state index >= 15 is 0 Å². The molecule has 0 heterocycles. The summed E-state index contributed by atoms with van der Waals surface area (Å²) >= 11 is 0. The number of benzene rings is 1. The van der Waals surface area contributed by atoms with E-state index < -0.39 is 5.97 Å². The van der Waals surface area contributed by atoms with Gasteiger partial charge in [-0.15, -0.1) is 0 Å². The van der Waals surface area contributed by atoms with Crippen LogP contribution in [-0.2, 0) is 11.2 Å². The molecule has 0 aliphatic heterocycles. The molecule has 3 heteroatoms. The molecule has 0 amide bonds. The summed E-state index contributed by atoms with van der Waals surface area (Å²) in [6.07, 6.45) is 2.63. The quantitative estimate of drug-likeness (QED) is 0.847. The van der Waals surface area contributed by atoms with E-state index in [9.17, 15) is 4.79 Å². The fourth-order valence-electron chi connectivity index (χ4n) is 2.29. The van der Waals surface area contributed by atoms with Gasteiger partial charge in [-0.1, -0.05) is 18.2 Å². The van der Waals surface area contributed by atoms with Crippen LogP contribution in [0.25, 0.3) is 0 Å². The number of carboxylic acid groups (broad SMARTS) is 1. The van der Waals surface area contributed by atoms with E-state index in [4.69, 9.17) is 9.84 Å². The second-order valence-electron chi connectivity index (χ2n) is 4.30. The van der Waals surface area contributed by atoms with Crippen LogP contribution in [-0.4, -0.2) is 18.2 Å². The van der Waals surface area contributed by atoms with Crippen molar-refractivity contribution in [2.24, 2.45) is 11.8 Å². The summed E-state index contributed by atoms with van der Waals surface area (Å²) < 4.78 is 5.26. The Hall–Kier alpha value is -1.51. The average Bonchev–Trinajstić information content (AvgIpc) is 2.24. The minimum Gasteiger partial charge on any atom is -0.496 e. The zero-order valence-corrected chi connectivity index (χ0v) is 9.35. The van der Waals surface area contributed by atoms with E-state index in [1.165, 1.54) is 0 Å². The molecule has 0 saturated heterocycles. The van der Waals surface area contributed by atoms with Gasteiger partial charge < -0.3 is 9.84 Å². The van der Waals surface area contributed by atoms with Gasteiger partial charge in [0.1, 0.15) is 5.75 Å². The molecule has 1 aromatic carbocycles. The van der Waals surface area contributed by atoms with E-state index in [1.54, 1.807) is 7.11 Å². The van der Waals surface area contributed by atoms with Crippen molar-refractivity contribution in [1.82, 2.24) is 0 Å². The smallest absolute Gasteiger partial charge is 0.306 e. The Bertz CT molecular complexity index is 387. The van der Waals surface area contributed by atoms with Crippen molar-refractivity contribution >= 4 is 5.97 Å². The number of hydrogen-bond acceptors (Lipinski definition) is 2. The number of hydrogen-bond donors (Lipinski definition) is 1. The Labute approximate surface area is 95.0 Å². The molecule has 2 atom stereocenters. The van der Waals surface area contributed by atoms with E-state index in [1.807, 2.05) is 24.3 Å². The first-order chi connectivity index (χ1) is 7.72. The highest BCUT2D eigenvalue weighted by Crippen LogP contribution is 2.38. The molecule has 2 rings (SSSR count). The SMILES string of the molecule is COc1ccccc1CC1CCC1C(=O)O. The Balaban J connectivity index is 2.06. The molecule has 2 unspecified atom stereocenters. The van der Waals surface area contributed by atoms with Gasteiger partial charge in [0.05, 0.1) is 13.0 Å². The molecule has 0 radical (unpaired) electrons. The lowest BCUT2D eigenvalue weighted by molar-refractivity contribution is -0.147. The maximum atomic E-state index is 10.9. The predicted molar refractivity (Wildman–Crippen MR) is 60.5 cm³/mol. The van der Waals surface area contributed by atoms with Gasteiger partial charge in [0.15, 0.2) is 0 Å². The molecule has 0 bridgehead atoms. The van der Waals surface area contributed by atoms with Crippen molar-refractivity contribution in [3.8, 4) is 5.75 Å². The zero-order chi connectivity index (χ0) is 11.5. The van der Waals surface area contributed by atoms with Crippen LogP contribution in [0.5, 0.6) is 5.75 Å². The molecule has 0 aromatic heterocycles. The van der Waals surface area contributed by atoms with Crippen molar-refractivity contribution < 1.29 is 14.6 Å². The molecule has 86 valence electrons.